The zero-order chi connectivity index (χ0) is 11.6. The summed E-state index contributed by atoms with van der Waals surface area (Å²) in [6.45, 7) is 2.47. The third-order valence-electron chi connectivity index (χ3n) is 1.05. The molecule has 0 heterocycles. The molecule has 0 fully saturated rings. The Morgan fingerprint density at radius 1 is 1.43 bits per heavy atom. The lowest BCUT2D eigenvalue weighted by molar-refractivity contribution is 0.129. The third-order valence-corrected chi connectivity index (χ3v) is 4.25. The van der Waals surface area contributed by atoms with Gasteiger partial charge in [-0.05, 0) is 25.7 Å². The predicted molar refractivity (Wildman–Crippen MR) is 55.0 cm³/mol. The van der Waals surface area contributed by atoms with E-state index in [1.165, 1.54) is 19.9 Å². The van der Waals surface area contributed by atoms with E-state index in [4.69, 9.17) is 14.3 Å². The van der Waals surface area contributed by atoms with Crippen LogP contribution in [-0.4, -0.2) is 20.3 Å². The molecule has 0 aromatic heterocycles. The number of hydrogen-bond donors (Lipinski definition) is 3. The van der Waals surface area contributed by atoms with E-state index in [1.807, 2.05) is 0 Å². The summed E-state index contributed by atoms with van der Waals surface area (Å²) in [5.74, 6) is 0. The molecule has 6 nitrogen and oxygen atoms in total. The van der Waals surface area contributed by atoms with Crippen LogP contribution in [0.3, 0.4) is 0 Å². The van der Waals surface area contributed by atoms with Gasteiger partial charge in [0.1, 0.15) is 0 Å². The average molecular weight is 262 g/mol. The van der Waals surface area contributed by atoms with Gasteiger partial charge in [-0.1, -0.05) is 6.08 Å². The van der Waals surface area contributed by atoms with Gasteiger partial charge in [-0.3, -0.25) is 4.52 Å². The van der Waals surface area contributed by atoms with Gasteiger partial charge in [0.2, 0.25) is 0 Å². The van der Waals surface area contributed by atoms with Gasteiger partial charge in [0.05, 0.1) is 5.60 Å². The molecule has 0 saturated heterocycles. The fourth-order valence-corrected chi connectivity index (χ4v) is 3.72. The molecule has 0 aromatic rings. The van der Waals surface area contributed by atoms with Gasteiger partial charge in [0.15, 0.2) is 0 Å². The Kier molecular flexibility index (Phi) is 4.65. The lowest BCUT2D eigenvalue weighted by Crippen LogP contribution is -2.19. The van der Waals surface area contributed by atoms with Crippen LogP contribution in [0.15, 0.2) is 12.7 Å². The third kappa shape index (κ3) is 6.81. The molecule has 0 saturated carbocycles. The summed E-state index contributed by atoms with van der Waals surface area (Å²) in [5, 5.41) is 0. The lowest BCUT2D eigenvalue weighted by atomic mass is 10.1. The van der Waals surface area contributed by atoms with Crippen molar-refractivity contribution in [2.75, 3.05) is 0 Å². The molecule has 0 amide bonds. The highest BCUT2D eigenvalue weighted by atomic mass is 32.5. The maximum atomic E-state index is 10.4. The minimum absolute atomic E-state index is 1.01. The van der Waals surface area contributed by atoms with Crippen molar-refractivity contribution in [2.24, 2.45) is 0 Å². The van der Waals surface area contributed by atoms with E-state index < -0.39 is 20.1 Å². The summed E-state index contributed by atoms with van der Waals surface area (Å²) < 4.78 is 19.1. The van der Waals surface area contributed by atoms with E-state index in [0.717, 1.165) is 0 Å². The predicted octanol–water partition coefficient (Wildman–Crippen LogP) is 1.29. The molecule has 0 aliphatic rings. The van der Waals surface area contributed by atoms with Gasteiger partial charge in [0.25, 0.3) is 0 Å². The molecule has 1 unspecified atom stereocenters. The van der Waals surface area contributed by atoms with Crippen LogP contribution in [0.2, 0.25) is 0 Å². The van der Waals surface area contributed by atoms with Crippen LogP contribution in [0.1, 0.15) is 13.8 Å². The van der Waals surface area contributed by atoms with Crippen molar-refractivity contribution in [1.29, 1.82) is 0 Å². The molecular formula is C5H12O6P2S. The van der Waals surface area contributed by atoms with Crippen molar-refractivity contribution >= 4 is 26.3 Å². The minimum atomic E-state index is -4.85. The minimum Gasteiger partial charge on any atom is -0.324 e. The second-order valence-corrected chi connectivity index (χ2v) is 7.08. The molecule has 0 bridgehead atoms. The zero-order valence-corrected chi connectivity index (χ0v) is 10.3. The zero-order valence-electron chi connectivity index (χ0n) is 7.65. The molecule has 1 atom stereocenters. The Hall–Kier alpha value is 0.420. The van der Waals surface area contributed by atoms with Gasteiger partial charge in [-0.15, -0.1) is 6.58 Å². The second kappa shape index (κ2) is 4.51. The molecule has 0 rings (SSSR count). The van der Waals surface area contributed by atoms with Gasteiger partial charge < -0.3 is 14.7 Å². The van der Waals surface area contributed by atoms with Crippen LogP contribution in [0.4, 0.5) is 0 Å². The summed E-state index contributed by atoms with van der Waals surface area (Å²) in [6.07, 6.45) is 1.33. The first-order chi connectivity index (χ1) is 5.97. The summed E-state index contributed by atoms with van der Waals surface area (Å²) in [7, 11) is -4.85. The molecule has 0 aliphatic heterocycles. The van der Waals surface area contributed by atoms with Crippen molar-refractivity contribution in [3.63, 3.8) is 0 Å². The summed E-state index contributed by atoms with van der Waals surface area (Å²) in [5.41, 5.74) is -1.01. The Labute approximate surface area is 87.0 Å². The number of phosphoric acid groups is 1. The van der Waals surface area contributed by atoms with Crippen LogP contribution in [0, 0.1) is 0 Å². The van der Waals surface area contributed by atoms with E-state index in [0.29, 0.717) is 0 Å². The Morgan fingerprint density at radius 3 is 2.14 bits per heavy atom. The van der Waals surface area contributed by atoms with Crippen molar-refractivity contribution in [1.82, 2.24) is 0 Å². The first kappa shape index (κ1) is 14.4. The maximum Gasteiger partial charge on any atom is 0.476 e. The largest absolute Gasteiger partial charge is 0.476 e. The van der Waals surface area contributed by atoms with Crippen molar-refractivity contribution < 1.29 is 28.1 Å². The van der Waals surface area contributed by atoms with E-state index in [2.05, 4.69) is 22.7 Å². The summed E-state index contributed by atoms with van der Waals surface area (Å²) in [6, 6.07) is 0. The van der Waals surface area contributed by atoms with E-state index >= 15 is 0 Å². The van der Waals surface area contributed by atoms with Crippen LogP contribution < -0.4 is 0 Å². The van der Waals surface area contributed by atoms with E-state index in [-0.39, 0.29) is 0 Å². The number of rotatable bonds is 5. The van der Waals surface area contributed by atoms with Gasteiger partial charge in [-0.25, -0.2) is 8.88 Å². The average Bonchev–Trinajstić information content (AvgIpc) is 1.78. The Balaban J connectivity index is 4.59. The monoisotopic (exact) mass is 262 g/mol. The highest BCUT2D eigenvalue weighted by molar-refractivity contribution is 8.08. The fraction of sp³-hybridized carbons (Fsp3) is 0.600. The van der Waals surface area contributed by atoms with E-state index in [1.54, 1.807) is 0 Å². The SMILES string of the molecule is C=CC(C)(C)OP(O)(=S)OP(=O)(O)O. The highest BCUT2D eigenvalue weighted by Crippen LogP contribution is 2.59. The van der Waals surface area contributed by atoms with Gasteiger partial charge >= 0.3 is 14.5 Å². The molecule has 0 aromatic carbocycles. The van der Waals surface area contributed by atoms with Gasteiger partial charge in [-0.2, -0.15) is 0 Å². The first-order valence-electron chi connectivity index (χ1n) is 3.41. The second-order valence-electron chi connectivity index (χ2n) is 2.94. The van der Waals surface area contributed by atoms with Crippen molar-refractivity contribution in [3.05, 3.63) is 12.7 Å². The summed E-state index contributed by atoms with van der Waals surface area (Å²) in [4.78, 5) is 26.1. The Morgan fingerprint density at radius 2 is 1.86 bits per heavy atom. The Bertz CT molecular complexity index is 307. The molecule has 0 radical (unpaired) electrons. The topological polar surface area (TPSA) is 96.2 Å². The van der Waals surface area contributed by atoms with Crippen LogP contribution in [-0.2, 0) is 25.2 Å². The highest BCUT2D eigenvalue weighted by Gasteiger charge is 2.32. The normalized spacial score (nSPS) is 17.5. The van der Waals surface area contributed by atoms with Crippen molar-refractivity contribution in [2.45, 2.75) is 19.4 Å². The van der Waals surface area contributed by atoms with Crippen LogP contribution >= 0.6 is 14.5 Å². The number of hydrogen-bond acceptors (Lipinski definition) is 4. The maximum absolute atomic E-state index is 10.4. The molecule has 14 heavy (non-hydrogen) atoms. The molecular weight excluding hydrogens is 250 g/mol. The molecule has 0 aliphatic carbocycles. The lowest BCUT2D eigenvalue weighted by Gasteiger charge is -2.25. The molecule has 9 heteroatoms. The van der Waals surface area contributed by atoms with Crippen LogP contribution in [0.5, 0.6) is 0 Å². The fourth-order valence-electron chi connectivity index (χ4n) is 0.486. The molecule has 3 N–H and O–H groups in total. The van der Waals surface area contributed by atoms with Crippen LogP contribution in [0.25, 0.3) is 0 Å². The molecule has 0 spiro atoms. The van der Waals surface area contributed by atoms with Crippen molar-refractivity contribution in [3.8, 4) is 0 Å². The summed E-state index contributed by atoms with van der Waals surface area (Å²) >= 11 is 4.39. The van der Waals surface area contributed by atoms with E-state index in [9.17, 15) is 9.46 Å². The quantitative estimate of drug-likeness (QED) is 0.507. The van der Waals surface area contributed by atoms with Gasteiger partial charge in [0, 0.05) is 0 Å². The standard InChI is InChI=1S/C5H12O6P2S/c1-4-5(2,3)10-13(9,14)11-12(6,7)8/h4H,1H2,2-3H3,(H,9,14)(H2,6,7,8). The first-order valence-corrected chi connectivity index (χ1v) is 7.54. The molecule has 84 valence electrons. The smallest absolute Gasteiger partial charge is 0.324 e.